The van der Waals surface area contributed by atoms with Crippen LogP contribution in [0.2, 0.25) is 0 Å². The van der Waals surface area contributed by atoms with E-state index in [1.165, 1.54) is 6.07 Å². The maximum atomic E-state index is 15.5. The number of benzene rings is 3. The summed E-state index contributed by atoms with van der Waals surface area (Å²) in [6, 6.07) is 22.4. The first kappa shape index (κ1) is 30.0. The van der Waals surface area contributed by atoms with E-state index in [0.29, 0.717) is 29.5 Å². The second-order valence-electron chi connectivity index (χ2n) is 10.1. The molecule has 1 unspecified atom stereocenters. The highest BCUT2D eigenvalue weighted by Crippen LogP contribution is 2.50. The van der Waals surface area contributed by atoms with Gasteiger partial charge in [0.1, 0.15) is 18.3 Å². The van der Waals surface area contributed by atoms with E-state index in [9.17, 15) is 24.3 Å². The van der Waals surface area contributed by atoms with Crippen LogP contribution in [0.15, 0.2) is 78.9 Å². The fourth-order valence-electron chi connectivity index (χ4n) is 5.30. The number of halogens is 1. The van der Waals surface area contributed by atoms with Gasteiger partial charge >= 0.3 is 18.3 Å². The Balaban J connectivity index is 1.68. The van der Waals surface area contributed by atoms with Crippen molar-refractivity contribution in [3.63, 3.8) is 0 Å². The lowest BCUT2D eigenvalue weighted by Gasteiger charge is -2.35. The van der Waals surface area contributed by atoms with Crippen molar-refractivity contribution >= 4 is 24.2 Å². The van der Waals surface area contributed by atoms with Gasteiger partial charge in [0, 0.05) is 23.9 Å². The van der Waals surface area contributed by atoms with E-state index in [4.69, 9.17) is 10.2 Å². The van der Waals surface area contributed by atoms with Gasteiger partial charge in [-0.3, -0.25) is 9.59 Å². The summed E-state index contributed by atoms with van der Waals surface area (Å²) in [6.07, 6.45) is -3.16. The minimum absolute atomic E-state index is 0.381. The number of rotatable bonds is 12. The number of nitrogens with zero attached hydrogens (tertiary/aromatic N) is 1. The van der Waals surface area contributed by atoms with Crippen molar-refractivity contribution < 1.29 is 48.4 Å². The van der Waals surface area contributed by atoms with Crippen molar-refractivity contribution in [3.05, 3.63) is 95.8 Å². The minimum atomic E-state index is -2.27. The molecule has 3 atom stereocenters. The van der Waals surface area contributed by atoms with E-state index in [0.717, 1.165) is 10.5 Å². The molecule has 1 fully saturated rings. The second-order valence-corrected chi connectivity index (χ2v) is 10.1. The standard InChI is InChI=1S/C31H30FNO9/c1-19(33(18-27(34)35)28(36)25-17-31(25,41-29(37)38)42-30(39)40)23(14-12-20-8-4-2-5-9-20)22-13-15-24(26(32)16-22)21-10-6-3-7-11-21/h2-11,13,15-16,19,23,25H,12,14,17-18H2,1H3,(H,34,35)(H,37,38)(H,39,40)/t19-,23+,25?/m1/s1. The fraction of sp³-hybridized carbons (Fsp3) is 0.290. The van der Waals surface area contributed by atoms with E-state index < -0.39 is 66.6 Å². The molecule has 1 aliphatic rings. The van der Waals surface area contributed by atoms with Crippen LogP contribution in [0.4, 0.5) is 14.0 Å². The summed E-state index contributed by atoms with van der Waals surface area (Å²) in [7, 11) is 0. The van der Waals surface area contributed by atoms with E-state index in [2.05, 4.69) is 9.47 Å². The molecule has 3 N–H and O–H groups in total. The number of amides is 1. The van der Waals surface area contributed by atoms with Gasteiger partial charge < -0.3 is 29.7 Å². The molecule has 0 saturated heterocycles. The Morgan fingerprint density at radius 2 is 1.52 bits per heavy atom. The van der Waals surface area contributed by atoms with Crippen LogP contribution in [0.25, 0.3) is 11.1 Å². The van der Waals surface area contributed by atoms with Crippen LogP contribution in [-0.2, 0) is 25.5 Å². The van der Waals surface area contributed by atoms with E-state index in [-0.39, 0.29) is 0 Å². The molecule has 4 rings (SSSR count). The Bertz CT molecular complexity index is 1430. The number of aryl methyl sites for hydroxylation is 1. The highest BCUT2D eigenvalue weighted by atomic mass is 19.1. The lowest BCUT2D eigenvalue weighted by Crippen LogP contribution is -2.47. The van der Waals surface area contributed by atoms with Crippen LogP contribution in [0.1, 0.15) is 36.8 Å². The molecule has 1 saturated carbocycles. The van der Waals surface area contributed by atoms with E-state index in [1.807, 2.05) is 36.4 Å². The minimum Gasteiger partial charge on any atom is -0.480 e. The first-order chi connectivity index (χ1) is 20.0. The normalized spacial score (nSPS) is 16.5. The third-order valence-electron chi connectivity index (χ3n) is 7.43. The highest BCUT2D eigenvalue weighted by molar-refractivity contribution is 5.87. The predicted molar refractivity (Wildman–Crippen MR) is 147 cm³/mol. The third-order valence-corrected chi connectivity index (χ3v) is 7.43. The summed E-state index contributed by atoms with van der Waals surface area (Å²) < 4.78 is 24.7. The van der Waals surface area contributed by atoms with E-state index >= 15 is 4.39 Å². The third kappa shape index (κ3) is 7.03. The Kier molecular flexibility index (Phi) is 9.09. The molecule has 42 heavy (non-hydrogen) atoms. The van der Waals surface area contributed by atoms with Gasteiger partial charge in [0.25, 0.3) is 5.79 Å². The van der Waals surface area contributed by atoms with Crippen molar-refractivity contribution in [2.24, 2.45) is 5.92 Å². The lowest BCUT2D eigenvalue weighted by molar-refractivity contribution is -0.155. The number of carbonyl (C=O) groups excluding carboxylic acids is 1. The van der Waals surface area contributed by atoms with Crippen molar-refractivity contribution in [1.29, 1.82) is 0 Å². The fourth-order valence-corrected chi connectivity index (χ4v) is 5.30. The molecule has 1 amide bonds. The van der Waals surface area contributed by atoms with Crippen LogP contribution in [0.3, 0.4) is 0 Å². The first-order valence-electron chi connectivity index (χ1n) is 13.3. The molecule has 11 heteroatoms. The number of hydrogen-bond acceptors (Lipinski definition) is 6. The van der Waals surface area contributed by atoms with Gasteiger partial charge in [-0.25, -0.2) is 14.0 Å². The van der Waals surface area contributed by atoms with Gasteiger partial charge in [-0.05, 0) is 42.5 Å². The maximum absolute atomic E-state index is 15.5. The van der Waals surface area contributed by atoms with Crippen LogP contribution >= 0.6 is 0 Å². The second kappa shape index (κ2) is 12.7. The molecule has 0 aromatic heterocycles. The van der Waals surface area contributed by atoms with Crippen molar-refractivity contribution in [3.8, 4) is 11.1 Å². The van der Waals surface area contributed by atoms with Gasteiger partial charge in [-0.1, -0.05) is 72.8 Å². The zero-order valence-electron chi connectivity index (χ0n) is 22.7. The summed E-state index contributed by atoms with van der Waals surface area (Å²) in [5, 5.41) is 27.8. The molecular formula is C31H30FNO9. The van der Waals surface area contributed by atoms with Crippen LogP contribution in [-0.4, -0.2) is 62.8 Å². The molecule has 3 aromatic carbocycles. The van der Waals surface area contributed by atoms with Crippen LogP contribution in [0, 0.1) is 11.7 Å². The molecule has 0 bridgehead atoms. The number of carbonyl (C=O) groups is 4. The SMILES string of the molecule is C[C@H]([C@H](CCc1ccccc1)c1ccc(-c2ccccc2)c(F)c1)N(CC(=O)O)C(=O)C1CC1(OC(=O)O)OC(=O)O. The van der Waals surface area contributed by atoms with Gasteiger partial charge in [-0.2, -0.15) is 0 Å². The van der Waals surface area contributed by atoms with Crippen molar-refractivity contribution in [2.75, 3.05) is 6.54 Å². The summed E-state index contributed by atoms with van der Waals surface area (Å²) in [4.78, 5) is 48.9. The van der Waals surface area contributed by atoms with E-state index in [1.54, 1.807) is 43.3 Å². The van der Waals surface area contributed by atoms with Crippen molar-refractivity contribution in [2.45, 2.75) is 43.9 Å². The average Bonchev–Trinajstić information content (AvgIpc) is 3.63. The summed E-state index contributed by atoms with van der Waals surface area (Å²) >= 11 is 0. The molecule has 0 heterocycles. The molecule has 10 nitrogen and oxygen atoms in total. The molecule has 0 aliphatic heterocycles. The summed E-state index contributed by atoms with van der Waals surface area (Å²) in [6.45, 7) is 0.860. The highest BCUT2D eigenvalue weighted by Gasteiger charge is 2.68. The quantitative estimate of drug-likeness (QED) is 0.184. The molecule has 1 aliphatic carbocycles. The topological polar surface area (TPSA) is 151 Å². The molecular weight excluding hydrogens is 549 g/mol. The number of carboxylic acids is 1. The number of aliphatic carboxylic acids is 1. The Morgan fingerprint density at radius 1 is 0.929 bits per heavy atom. The lowest BCUT2D eigenvalue weighted by atomic mass is 9.85. The molecule has 0 radical (unpaired) electrons. The number of carboxylic acid groups (broad SMARTS) is 3. The Morgan fingerprint density at radius 3 is 2.07 bits per heavy atom. The molecule has 0 spiro atoms. The largest absolute Gasteiger partial charge is 0.509 e. The molecule has 220 valence electrons. The van der Waals surface area contributed by atoms with Gasteiger partial charge in [0.15, 0.2) is 0 Å². The zero-order valence-corrected chi connectivity index (χ0v) is 22.7. The van der Waals surface area contributed by atoms with Crippen molar-refractivity contribution in [1.82, 2.24) is 4.90 Å². The van der Waals surface area contributed by atoms with Gasteiger partial charge in [0.05, 0.1) is 0 Å². The smallest absolute Gasteiger partial charge is 0.480 e. The summed E-state index contributed by atoms with van der Waals surface area (Å²) in [5.41, 5.74) is 2.58. The number of hydrogen-bond donors (Lipinski definition) is 3. The summed E-state index contributed by atoms with van der Waals surface area (Å²) in [5.74, 6) is -6.88. The monoisotopic (exact) mass is 579 g/mol. The first-order valence-corrected chi connectivity index (χ1v) is 13.3. The predicted octanol–water partition coefficient (Wildman–Crippen LogP) is 5.62. The molecule has 3 aromatic rings. The Labute approximate surface area is 240 Å². The maximum Gasteiger partial charge on any atom is 0.509 e. The van der Waals surface area contributed by atoms with Gasteiger partial charge in [0.2, 0.25) is 5.91 Å². The zero-order chi connectivity index (χ0) is 30.4. The van der Waals surface area contributed by atoms with Crippen LogP contribution < -0.4 is 0 Å². The van der Waals surface area contributed by atoms with Gasteiger partial charge in [-0.15, -0.1) is 0 Å². The number of ether oxygens (including phenoxy) is 2. The Hall–Kier alpha value is -4.93. The average molecular weight is 580 g/mol. The van der Waals surface area contributed by atoms with Crippen LogP contribution in [0.5, 0.6) is 0 Å².